The van der Waals surface area contributed by atoms with Gasteiger partial charge in [-0.05, 0) is 55.4 Å². The van der Waals surface area contributed by atoms with Crippen LogP contribution >= 0.6 is 23.8 Å². The van der Waals surface area contributed by atoms with Crippen molar-refractivity contribution in [1.82, 2.24) is 4.90 Å². The average Bonchev–Trinajstić information content (AvgIpc) is 2.46. The van der Waals surface area contributed by atoms with Crippen LogP contribution in [0, 0.1) is 19.7 Å². The van der Waals surface area contributed by atoms with Gasteiger partial charge in [0.2, 0.25) is 0 Å². The third-order valence-electron chi connectivity index (χ3n) is 3.44. The van der Waals surface area contributed by atoms with E-state index < -0.39 is 0 Å². The zero-order valence-electron chi connectivity index (χ0n) is 12.8. The third kappa shape index (κ3) is 3.96. The first-order valence-corrected chi connectivity index (χ1v) is 7.69. The topological polar surface area (TPSA) is 15.3 Å². The summed E-state index contributed by atoms with van der Waals surface area (Å²) >= 11 is 11.5. The molecule has 0 fully saturated rings. The summed E-state index contributed by atoms with van der Waals surface area (Å²) in [5, 5.41) is 4.13. The van der Waals surface area contributed by atoms with Gasteiger partial charge in [0.15, 0.2) is 5.11 Å². The van der Waals surface area contributed by atoms with Gasteiger partial charge in [0.25, 0.3) is 0 Å². The largest absolute Gasteiger partial charge is 0.348 e. The molecule has 0 aromatic heterocycles. The van der Waals surface area contributed by atoms with Crippen molar-refractivity contribution in [1.29, 1.82) is 0 Å². The van der Waals surface area contributed by atoms with E-state index in [1.54, 1.807) is 17.0 Å². The highest BCUT2D eigenvalue weighted by molar-refractivity contribution is 7.80. The van der Waals surface area contributed by atoms with Crippen LogP contribution in [0.3, 0.4) is 0 Å². The normalized spacial score (nSPS) is 10.4. The number of hydrogen-bond donors (Lipinski definition) is 1. The quantitative estimate of drug-likeness (QED) is 0.800. The Morgan fingerprint density at radius 2 is 2.00 bits per heavy atom. The van der Waals surface area contributed by atoms with Crippen molar-refractivity contribution in [2.45, 2.75) is 20.4 Å². The van der Waals surface area contributed by atoms with Crippen LogP contribution in [0.15, 0.2) is 36.4 Å². The van der Waals surface area contributed by atoms with Crippen molar-refractivity contribution in [3.05, 3.63) is 63.9 Å². The van der Waals surface area contributed by atoms with Gasteiger partial charge in [0.05, 0.1) is 0 Å². The second-order valence-electron chi connectivity index (χ2n) is 5.30. The molecule has 116 valence electrons. The number of nitrogens with zero attached hydrogens (tertiary/aromatic N) is 1. The molecule has 0 saturated carbocycles. The fourth-order valence-electron chi connectivity index (χ4n) is 2.07. The van der Waals surface area contributed by atoms with E-state index in [4.69, 9.17) is 23.8 Å². The summed E-state index contributed by atoms with van der Waals surface area (Å²) in [5.74, 6) is -0.325. The molecule has 5 heteroatoms. The van der Waals surface area contributed by atoms with E-state index in [9.17, 15) is 4.39 Å². The van der Waals surface area contributed by atoms with Crippen molar-refractivity contribution in [2.75, 3.05) is 12.4 Å². The second-order valence-corrected chi connectivity index (χ2v) is 6.10. The minimum absolute atomic E-state index is 0.308. The van der Waals surface area contributed by atoms with Crippen LogP contribution in [0.2, 0.25) is 5.02 Å². The number of rotatable bonds is 3. The van der Waals surface area contributed by atoms with E-state index in [0.29, 0.717) is 22.2 Å². The lowest BCUT2D eigenvalue weighted by molar-refractivity contribution is 0.486. The molecule has 2 rings (SSSR count). The molecule has 22 heavy (non-hydrogen) atoms. The van der Waals surface area contributed by atoms with E-state index >= 15 is 0 Å². The minimum atomic E-state index is -0.325. The maximum atomic E-state index is 13.8. The molecule has 0 aliphatic carbocycles. The SMILES string of the molecule is Cc1ccc(C)c(NC(=S)N(C)Cc2c(F)cccc2Cl)c1. The molecule has 1 N–H and O–H groups in total. The van der Waals surface area contributed by atoms with Crippen molar-refractivity contribution < 1.29 is 4.39 Å². The molecule has 0 spiro atoms. The van der Waals surface area contributed by atoms with Gasteiger partial charge in [0, 0.05) is 29.9 Å². The lowest BCUT2D eigenvalue weighted by Gasteiger charge is -2.23. The smallest absolute Gasteiger partial charge is 0.173 e. The molecule has 0 bridgehead atoms. The van der Waals surface area contributed by atoms with Gasteiger partial charge in [-0.25, -0.2) is 4.39 Å². The lowest BCUT2D eigenvalue weighted by atomic mass is 10.1. The Morgan fingerprint density at radius 3 is 2.68 bits per heavy atom. The van der Waals surface area contributed by atoms with E-state index in [1.165, 1.54) is 6.07 Å². The molecule has 0 radical (unpaired) electrons. The number of thiocarbonyl (C=S) groups is 1. The Labute approximate surface area is 140 Å². The Balaban J connectivity index is 2.11. The monoisotopic (exact) mass is 336 g/mol. The number of halogens is 2. The Bertz CT molecular complexity index is 683. The zero-order valence-corrected chi connectivity index (χ0v) is 14.4. The summed E-state index contributed by atoms with van der Waals surface area (Å²) in [6, 6.07) is 10.8. The van der Waals surface area contributed by atoms with Crippen LogP contribution in [-0.4, -0.2) is 17.1 Å². The number of anilines is 1. The summed E-state index contributed by atoms with van der Waals surface area (Å²) < 4.78 is 13.8. The van der Waals surface area contributed by atoms with Crippen LogP contribution in [-0.2, 0) is 6.54 Å². The van der Waals surface area contributed by atoms with Crippen LogP contribution in [0.5, 0.6) is 0 Å². The highest BCUT2D eigenvalue weighted by atomic mass is 35.5. The zero-order chi connectivity index (χ0) is 16.3. The standard InChI is InChI=1S/C17H18ClFN2S/c1-11-7-8-12(2)16(9-11)20-17(22)21(3)10-13-14(18)5-4-6-15(13)19/h4-9H,10H2,1-3H3,(H,20,22). The van der Waals surface area contributed by atoms with Gasteiger partial charge >= 0.3 is 0 Å². The number of aryl methyl sites for hydroxylation is 2. The molecule has 0 saturated heterocycles. The van der Waals surface area contributed by atoms with Gasteiger partial charge in [-0.15, -0.1) is 0 Å². The second kappa shape index (κ2) is 7.07. The van der Waals surface area contributed by atoms with E-state index in [-0.39, 0.29) is 5.82 Å². The Kier molecular flexibility index (Phi) is 5.37. The molecule has 0 unspecified atom stereocenters. The predicted molar refractivity (Wildman–Crippen MR) is 95.0 cm³/mol. The summed E-state index contributed by atoms with van der Waals surface area (Å²) in [7, 11) is 1.81. The number of nitrogens with one attached hydrogen (secondary N) is 1. The van der Waals surface area contributed by atoms with Gasteiger partial charge in [-0.2, -0.15) is 0 Å². The molecule has 2 aromatic carbocycles. The molecule has 0 aliphatic heterocycles. The van der Waals surface area contributed by atoms with Gasteiger partial charge < -0.3 is 10.2 Å². The van der Waals surface area contributed by atoms with Crippen LogP contribution in [0.25, 0.3) is 0 Å². The predicted octanol–water partition coefficient (Wildman–Crippen LogP) is 4.92. The maximum absolute atomic E-state index is 13.8. The van der Waals surface area contributed by atoms with E-state index in [1.807, 2.05) is 39.1 Å². The van der Waals surface area contributed by atoms with Crippen LogP contribution in [0.4, 0.5) is 10.1 Å². The van der Waals surface area contributed by atoms with E-state index in [2.05, 4.69) is 5.32 Å². The van der Waals surface area contributed by atoms with Gasteiger partial charge in [-0.3, -0.25) is 0 Å². The first-order chi connectivity index (χ1) is 10.4. The van der Waals surface area contributed by atoms with E-state index in [0.717, 1.165) is 16.8 Å². The number of benzene rings is 2. The fraction of sp³-hybridized carbons (Fsp3) is 0.235. The highest BCUT2D eigenvalue weighted by Gasteiger charge is 2.12. The van der Waals surface area contributed by atoms with Crippen LogP contribution in [0.1, 0.15) is 16.7 Å². The summed E-state index contributed by atoms with van der Waals surface area (Å²) in [5.41, 5.74) is 3.65. The molecule has 2 aromatic rings. The molecule has 0 atom stereocenters. The molecular formula is C17H18ClFN2S. The fourth-order valence-corrected chi connectivity index (χ4v) is 2.47. The summed E-state index contributed by atoms with van der Waals surface area (Å²) in [4.78, 5) is 1.77. The molecule has 2 nitrogen and oxygen atoms in total. The minimum Gasteiger partial charge on any atom is -0.348 e. The first kappa shape index (κ1) is 16.7. The van der Waals surface area contributed by atoms with Crippen molar-refractivity contribution in [3.63, 3.8) is 0 Å². The average molecular weight is 337 g/mol. The first-order valence-electron chi connectivity index (χ1n) is 6.90. The molecule has 0 heterocycles. The number of hydrogen-bond acceptors (Lipinski definition) is 1. The molecule has 0 amide bonds. The van der Waals surface area contributed by atoms with Crippen molar-refractivity contribution >= 4 is 34.6 Å². The van der Waals surface area contributed by atoms with Gasteiger partial charge in [-0.1, -0.05) is 29.8 Å². The summed E-state index contributed by atoms with van der Waals surface area (Å²) in [6.45, 7) is 4.34. The Hall–Kier alpha value is -1.65. The lowest BCUT2D eigenvalue weighted by Crippen LogP contribution is -2.31. The van der Waals surface area contributed by atoms with Crippen molar-refractivity contribution in [2.24, 2.45) is 0 Å². The molecule has 0 aliphatic rings. The van der Waals surface area contributed by atoms with Crippen molar-refractivity contribution in [3.8, 4) is 0 Å². The highest BCUT2D eigenvalue weighted by Crippen LogP contribution is 2.21. The van der Waals surface area contributed by atoms with Gasteiger partial charge in [0.1, 0.15) is 5.82 Å². The summed E-state index contributed by atoms with van der Waals surface area (Å²) in [6.07, 6.45) is 0. The Morgan fingerprint density at radius 1 is 1.27 bits per heavy atom. The third-order valence-corrected chi connectivity index (χ3v) is 4.21. The molecular weight excluding hydrogens is 319 g/mol. The van der Waals surface area contributed by atoms with Crippen LogP contribution < -0.4 is 5.32 Å². The maximum Gasteiger partial charge on any atom is 0.173 e.